The Morgan fingerprint density at radius 2 is 1.83 bits per heavy atom. The summed E-state index contributed by atoms with van der Waals surface area (Å²) in [4.78, 5) is 14.9. The number of nitrogens with one attached hydrogen (secondary N) is 1. The molecule has 0 saturated heterocycles. The van der Waals surface area contributed by atoms with Gasteiger partial charge in [0.15, 0.2) is 11.5 Å². The fraction of sp³-hybridized carbons (Fsp3) is 0.435. The fourth-order valence-electron chi connectivity index (χ4n) is 3.10. The Morgan fingerprint density at radius 1 is 1.14 bits per heavy atom. The van der Waals surface area contributed by atoms with Crippen molar-refractivity contribution >= 4 is 17.5 Å². The Balaban J connectivity index is 2.01. The lowest BCUT2D eigenvalue weighted by Gasteiger charge is -2.24. The fourth-order valence-corrected chi connectivity index (χ4v) is 3.39. The van der Waals surface area contributed by atoms with Crippen LogP contribution in [0.2, 0.25) is 5.02 Å². The molecule has 2 aromatic carbocycles. The van der Waals surface area contributed by atoms with Crippen LogP contribution in [0.1, 0.15) is 49.2 Å². The predicted molar refractivity (Wildman–Crippen MR) is 118 cm³/mol. The van der Waals surface area contributed by atoms with Gasteiger partial charge >= 0.3 is 0 Å². The van der Waals surface area contributed by atoms with E-state index in [0.29, 0.717) is 41.3 Å². The lowest BCUT2D eigenvalue weighted by Crippen LogP contribution is -2.30. The van der Waals surface area contributed by atoms with Crippen LogP contribution in [0.4, 0.5) is 0 Å². The molecule has 29 heavy (non-hydrogen) atoms. The van der Waals surface area contributed by atoms with Crippen LogP contribution in [-0.2, 0) is 13.1 Å². The average molecular weight is 419 g/mol. The Bertz CT molecular complexity index is 807. The zero-order chi connectivity index (χ0) is 21.4. The quantitative estimate of drug-likeness (QED) is 0.595. The molecule has 6 heteroatoms. The van der Waals surface area contributed by atoms with Gasteiger partial charge in [0, 0.05) is 24.7 Å². The van der Waals surface area contributed by atoms with Crippen molar-refractivity contribution in [2.75, 3.05) is 20.3 Å². The van der Waals surface area contributed by atoms with Crippen LogP contribution in [0, 0.1) is 0 Å². The molecule has 0 aliphatic carbocycles. The van der Waals surface area contributed by atoms with Crippen molar-refractivity contribution in [2.45, 2.75) is 46.8 Å². The van der Waals surface area contributed by atoms with Crippen molar-refractivity contribution in [1.82, 2.24) is 10.2 Å². The summed E-state index contributed by atoms with van der Waals surface area (Å²) in [6.45, 7) is 11.1. The Morgan fingerprint density at radius 3 is 2.38 bits per heavy atom. The highest BCUT2D eigenvalue weighted by atomic mass is 35.5. The summed E-state index contributed by atoms with van der Waals surface area (Å²) in [7, 11) is 1.57. The summed E-state index contributed by atoms with van der Waals surface area (Å²) in [6, 6.07) is 11.8. The summed E-state index contributed by atoms with van der Waals surface area (Å²) in [5.41, 5.74) is 2.67. The summed E-state index contributed by atoms with van der Waals surface area (Å²) < 4.78 is 10.9. The summed E-state index contributed by atoms with van der Waals surface area (Å²) in [5, 5.41) is 3.39. The first-order valence-corrected chi connectivity index (χ1v) is 10.4. The molecule has 2 aromatic rings. The monoisotopic (exact) mass is 418 g/mol. The van der Waals surface area contributed by atoms with Crippen molar-refractivity contribution in [3.05, 3.63) is 58.1 Å². The number of benzene rings is 2. The third kappa shape index (κ3) is 6.38. The normalized spacial score (nSPS) is 11.0. The Kier molecular flexibility index (Phi) is 8.80. The number of ether oxygens (including phenoxy) is 2. The summed E-state index contributed by atoms with van der Waals surface area (Å²) in [6.07, 6.45) is 0. The molecular weight excluding hydrogens is 388 g/mol. The van der Waals surface area contributed by atoms with Gasteiger partial charge in [-0.3, -0.25) is 9.69 Å². The molecule has 1 amide bonds. The van der Waals surface area contributed by atoms with Crippen molar-refractivity contribution in [3.8, 4) is 11.5 Å². The molecular formula is C23H31ClN2O3. The molecule has 0 saturated carbocycles. The molecule has 1 N–H and O–H groups in total. The topological polar surface area (TPSA) is 50.8 Å². The summed E-state index contributed by atoms with van der Waals surface area (Å²) >= 11 is 6.30. The van der Waals surface area contributed by atoms with Crippen LogP contribution in [0.15, 0.2) is 36.4 Å². The highest BCUT2D eigenvalue weighted by Gasteiger charge is 2.13. The van der Waals surface area contributed by atoms with Gasteiger partial charge in [-0.05, 0) is 62.7 Å². The van der Waals surface area contributed by atoms with Crippen molar-refractivity contribution < 1.29 is 14.3 Å². The Hall–Kier alpha value is -2.24. The minimum absolute atomic E-state index is 0.128. The van der Waals surface area contributed by atoms with Gasteiger partial charge in [-0.25, -0.2) is 0 Å². The van der Waals surface area contributed by atoms with Gasteiger partial charge in [0.1, 0.15) is 0 Å². The highest BCUT2D eigenvalue weighted by Crippen LogP contribution is 2.36. The Labute approximate surface area is 179 Å². The smallest absolute Gasteiger partial charge is 0.251 e. The first kappa shape index (κ1) is 23.0. The second-order valence-corrected chi connectivity index (χ2v) is 7.49. The zero-order valence-corrected chi connectivity index (χ0v) is 18.7. The van der Waals surface area contributed by atoms with E-state index < -0.39 is 0 Å². The minimum atomic E-state index is -0.128. The van der Waals surface area contributed by atoms with E-state index in [-0.39, 0.29) is 5.91 Å². The number of rotatable bonds is 10. The van der Waals surface area contributed by atoms with Crippen LogP contribution < -0.4 is 14.8 Å². The predicted octanol–water partition coefficient (Wildman–Crippen LogP) is 4.91. The molecule has 0 aliphatic rings. The number of amides is 1. The van der Waals surface area contributed by atoms with Gasteiger partial charge in [-0.2, -0.15) is 0 Å². The van der Waals surface area contributed by atoms with Crippen LogP contribution >= 0.6 is 11.6 Å². The maximum absolute atomic E-state index is 12.5. The average Bonchev–Trinajstić information content (AvgIpc) is 2.72. The van der Waals surface area contributed by atoms with Gasteiger partial charge in [0.25, 0.3) is 5.91 Å². The van der Waals surface area contributed by atoms with Gasteiger partial charge in [0.2, 0.25) is 0 Å². The molecule has 0 bridgehead atoms. The molecule has 0 spiro atoms. The minimum Gasteiger partial charge on any atom is -0.493 e. The molecule has 0 atom stereocenters. The molecule has 2 rings (SSSR count). The zero-order valence-electron chi connectivity index (χ0n) is 17.9. The van der Waals surface area contributed by atoms with Crippen molar-refractivity contribution in [1.29, 1.82) is 0 Å². The lowest BCUT2D eigenvalue weighted by atomic mass is 10.1. The van der Waals surface area contributed by atoms with E-state index in [9.17, 15) is 4.79 Å². The number of methoxy groups -OCH3 is 1. The molecule has 0 fully saturated rings. The van der Waals surface area contributed by atoms with Gasteiger partial charge in [-0.15, -0.1) is 0 Å². The van der Waals surface area contributed by atoms with E-state index in [4.69, 9.17) is 21.1 Å². The lowest BCUT2D eigenvalue weighted by molar-refractivity contribution is 0.0951. The third-order valence-electron chi connectivity index (χ3n) is 4.77. The molecule has 0 unspecified atom stereocenters. The van der Waals surface area contributed by atoms with Crippen LogP contribution in [0.3, 0.4) is 0 Å². The number of hydrogen-bond acceptors (Lipinski definition) is 4. The number of carbonyl (C=O) groups is 1. The van der Waals surface area contributed by atoms with E-state index in [1.54, 1.807) is 13.2 Å². The molecule has 5 nitrogen and oxygen atoms in total. The van der Waals surface area contributed by atoms with E-state index >= 15 is 0 Å². The molecule has 0 aromatic heterocycles. The maximum atomic E-state index is 12.5. The summed E-state index contributed by atoms with van der Waals surface area (Å²) in [5.74, 6) is 0.945. The molecule has 158 valence electrons. The largest absolute Gasteiger partial charge is 0.493 e. The van der Waals surface area contributed by atoms with Crippen LogP contribution in [0.25, 0.3) is 0 Å². The van der Waals surface area contributed by atoms with Gasteiger partial charge < -0.3 is 14.8 Å². The van der Waals surface area contributed by atoms with E-state index in [0.717, 1.165) is 18.7 Å². The van der Waals surface area contributed by atoms with E-state index in [1.165, 1.54) is 5.56 Å². The molecule has 0 heterocycles. The maximum Gasteiger partial charge on any atom is 0.251 e. The number of hydrogen-bond donors (Lipinski definition) is 1. The van der Waals surface area contributed by atoms with E-state index in [2.05, 4.69) is 31.0 Å². The number of carbonyl (C=O) groups excluding carboxylic acids is 1. The third-order valence-corrected chi connectivity index (χ3v) is 5.05. The first-order valence-electron chi connectivity index (χ1n) is 9.99. The SMILES string of the molecule is CCOc1c(Cl)cc(CNC(=O)c2ccc(CN(CC)C(C)C)cc2)cc1OC. The highest BCUT2D eigenvalue weighted by molar-refractivity contribution is 6.32. The second-order valence-electron chi connectivity index (χ2n) is 7.08. The standard InChI is InChI=1S/C23H31ClN2O3/c1-6-26(16(3)4)15-17-8-10-19(11-9-17)23(27)25-14-18-12-20(24)22(29-7-2)21(13-18)28-5/h8-13,16H,6-7,14-15H2,1-5H3,(H,25,27). The molecule has 0 radical (unpaired) electrons. The number of nitrogens with zero attached hydrogens (tertiary/aromatic N) is 1. The van der Waals surface area contributed by atoms with Crippen LogP contribution in [-0.4, -0.2) is 37.1 Å². The van der Waals surface area contributed by atoms with E-state index in [1.807, 2.05) is 37.3 Å². The van der Waals surface area contributed by atoms with Gasteiger partial charge in [-0.1, -0.05) is 30.7 Å². The van der Waals surface area contributed by atoms with Gasteiger partial charge in [0.05, 0.1) is 18.7 Å². The number of halogens is 1. The second kappa shape index (κ2) is 11.1. The first-order chi connectivity index (χ1) is 13.9. The van der Waals surface area contributed by atoms with Crippen LogP contribution in [0.5, 0.6) is 11.5 Å². The van der Waals surface area contributed by atoms with Crippen molar-refractivity contribution in [2.24, 2.45) is 0 Å². The van der Waals surface area contributed by atoms with Crippen molar-refractivity contribution in [3.63, 3.8) is 0 Å². The molecule has 0 aliphatic heterocycles.